The van der Waals surface area contributed by atoms with E-state index in [9.17, 15) is 14.7 Å². The van der Waals surface area contributed by atoms with Crippen LogP contribution in [0.5, 0.6) is 0 Å². The van der Waals surface area contributed by atoms with Gasteiger partial charge in [-0.25, -0.2) is 14.3 Å². The summed E-state index contributed by atoms with van der Waals surface area (Å²) in [6, 6.07) is 0. The molecule has 0 aromatic carbocycles. The van der Waals surface area contributed by atoms with Crippen LogP contribution in [0, 0.1) is 10.1 Å². The van der Waals surface area contributed by atoms with Gasteiger partial charge >= 0.3 is 7.67 Å². The molecular weight excluding hydrogens is 309 g/mol. The Morgan fingerprint density at radius 3 is 2.45 bits per heavy atom. The number of nitrogens with zero attached hydrogens (tertiary/aromatic N) is 5. The molecule has 0 aliphatic carbocycles. The number of hydrogen-bond donors (Lipinski definition) is 0. The van der Waals surface area contributed by atoms with Gasteiger partial charge in [0.2, 0.25) is 0 Å². The molecule has 9 nitrogen and oxygen atoms in total. The van der Waals surface area contributed by atoms with Crippen molar-refractivity contribution in [3.05, 3.63) is 33.9 Å². The van der Waals surface area contributed by atoms with Crippen LogP contribution in [0.4, 0.5) is 0 Å². The minimum Gasteiger partial charge on any atom is -0.327 e. The van der Waals surface area contributed by atoms with Gasteiger partial charge in [0.15, 0.2) is 5.82 Å². The van der Waals surface area contributed by atoms with Gasteiger partial charge in [-0.3, -0.25) is 19.2 Å². The highest BCUT2D eigenvalue weighted by Crippen LogP contribution is 2.61. The van der Waals surface area contributed by atoms with Gasteiger partial charge in [-0.05, 0) is 6.08 Å². The predicted octanol–water partition coefficient (Wildman–Crippen LogP) is 1.10. The molecule has 0 radical (unpaired) electrons. The summed E-state index contributed by atoms with van der Waals surface area (Å²) in [4.78, 5) is 14.4. The zero-order valence-corrected chi connectivity index (χ0v) is 13.2. The second kappa shape index (κ2) is 5.58. The fraction of sp³-hybridized carbons (Fsp3) is 0.583. The molecule has 1 aromatic heterocycles. The molecule has 0 spiro atoms. The summed E-state index contributed by atoms with van der Waals surface area (Å²) in [7, 11) is -1.23. The topological polar surface area (TPSA) is 93.3 Å². The smallest absolute Gasteiger partial charge is 0.327 e. The van der Waals surface area contributed by atoms with Crippen LogP contribution in [-0.2, 0) is 29.3 Å². The summed E-state index contributed by atoms with van der Waals surface area (Å²) in [5.41, 5.74) is 1.18. The van der Waals surface area contributed by atoms with Gasteiger partial charge in [-0.2, -0.15) is 0 Å². The summed E-state index contributed by atoms with van der Waals surface area (Å²) in [6.45, 7) is 6.51. The van der Waals surface area contributed by atoms with Gasteiger partial charge in [-0.1, -0.05) is 6.58 Å². The number of imidazole rings is 1. The molecule has 0 bridgehead atoms. The Labute approximate surface area is 127 Å². The first-order chi connectivity index (χ1) is 10.5. The number of rotatable bonds is 8. The summed E-state index contributed by atoms with van der Waals surface area (Å²) >= 11 is 0. The van der Waals surface area contributed by atoms with Gasteiger partial charge in [-0.15, -0.1) is 0 Å². The van der Waals surface area contributed by atoms with Crippen LogP contribution in [0.15, 0.2) is 6.58 Å². The fourth-order valence-electron chi connectivity index (χ4n) is 2.28. The van der Waals surface area contributed by atoms with E-state index in [1.54, 1.807) is 11.6 Å². The Balaban J connectivity index is 1.79. The second-order valence-corrected chi connectivity index (χ2v) is 7.66. The van der Waals surface area contributed by atoms with Gasteiger partial charge < -0.3 is 4.57 Å². The van der Waals surface area contributed by atoms with Crippen LogP contribution in [0.2, 0.25) is 0 Å². The summed E-state index contributed by atoms with van der Waals surface area (Å²) in [6.07, 6.45) is 1.53. The molecule has 3 rings (SSSR count). The van der Waals surface area contributed by atoms with Gasteiger partial charge in [0.25, 0.3) is 6.54 Å². The molecule has 10 heteroatoms. The molecule has 2 fully saturated rings. The summed E-state index contributed by atoms with van der Waals surface area (Å²) in [5, 5.41) is 10.7. The maximum absolute atomic E-state index is 12.9. The third kappa shape index (κ3) is 2.85. The molecule has 0 amide bonds. The lowest BCUT2D eigenvalue weighted by molar-refractivity contribution is -0.498. The Hall–Kier alpha value is -1.54. The first-order valence-electron chi connectivity index (χ1n) is 7.00. The molecule has 2 aliphatic heterocycles. The van der Waals surface area contributed by atoms with Crippen molar-refractivity contribution in [2.75, 3.05) is 26.2 Å². The van der Waals surface area contributed by atoms with E-state index in [0.717, 1.165) is 26.2 Å². The van der Waals surface area contributed by atoms with Crippen LogP contribution < -0.4 is 0 Å². The fourth-order valence-corrected chi connectivity index (χ4v) is 4.44. The van der Waals surface area contributed by atoms with E-state index in [1.807, 2.05) is 9.34 Å². The lowest BCUT2D eigenvalue weighted by atomic mass is 10.3. The van der Waals surface area contributed by atoms with E-state index >= 15 is 0 Å². The van der Waals surface area contributed by atoms with Gasteiger partial charge in [0.05, 0.1) is 18.0 Å². The molecule has 1 aromatic rings. The van der Waals surface area contributed by atoms with Crippen molar-refractivity contribution < 1.29 is 14.0 Å². The minimum absolute atomic E-state index is 0.0901. The minimum atomic E-state index is -2.92. The number of hydrogen-bond acceptors (Lipinski definition) is 5. The molecule has 0 unspecified atom stereocenters. The van der Waals surface area contributed by atoms with Crippen molar-refractivity contribution in [3.63, 3.8) is 0 Å². The molecule has 0 atom stereocenters. The zero-order chi connectivity index (χ0) is 15.9. The molecule has 22 heavy (non-hydrogen) atoms. The monoisotopic (exact) mass is 327 g/mol. The lowest BCUT2D eigenvalue weighted by Crippen LogP contribution is -2.11. The molecular formula is C12H18N5O4P. The van der Waals surface area contributed by atoms with Crippen molar-refractivity contribution >= 4 is 13.7 Å². The van der Waals surface area contributed by atoms with Crippen molar-refractivity contribution in [1.29, 1.82) is 0 Å². The van der Waals surface area contributed by atoms with Crippen LogP contribution in [0.3, 0.4) is 0 Å². The summed E-state index contributed by atoms with van der Waals surface area (Å²) in [5.74, 6) is 0.326. The molecule has 0 saturated carbocycles. The maximum atomic E-state index is 12.9. The van der Waals surface area contributed by atoms with Gasteiger partial charge in [0.1, 0.15) is 0 Å². The van der Waals surface area contributed by atoms with Crippen molar-refractivity contribution in [1.82, 2.24) is 18.9 Å². The molecule has 2 aliphatic rings. The highest BCUT2D eigenvalue weighted by atomic mass is 31.2. The first kappa shape index (κ1) is 15.4. The SMILES string of the molecule is C=Cc1nc(C[N+](=O)[O-])n(C)c1COP(=O)(N1CC1)N1CC1. The van der Waals surface area contributed by atoms with Crippen LogP contribution in [-0.4, -0.2) is 50.0 Å². The van der Waals surface area contributed by atoms with E-state index in [2.05, 4.69) is 11.6 Å². The molecule has 120 valence electrons. The lowest BCUT2D eigenvalue weighted by Gasteiger charge is -2.20. The van der Waals surface area contributed by atoms with E-state index in [1.165, 1.54) is 6.08 Å². The third-order valence-corrected chi connectivity index (χ3v) is 6.43. The average Bonchev–Trinajstić information content (AvgIpc) is 3.36. The Morgan fingerprint density at radius 2 is 2.00 bits per heavy atom. The normalized spacial score (nSPS) is 18.4. The van der Waals surface area contributed by atoms with E-state index in [4.69, 9.17) is 4.52 Å². The number of nitro groups is 1. The zero-order valence-electron chi connectivity index (χ0n) is 12.3. The highest BCUT2D eigenvalue weighted by Gasteiger charge is 2.49. The van der Waals surface area contributed by atoms with Crippen LogP contribution >= 0.6 is 7.67 Å². The quantitative estimate of drug-likeness (QED) is 0.305. The van der Waals surface area contributed by atoms with E-state index in [0.29, 0.717) is 17.2 Å². The Kier molecular flexibility index (Phi) is 3.90. The van der Waals surface area contributed by atoms with Gasteiger partial charge in [0, 0.05) is 38.2 Å². The largest absolute Gasteiger partial charge is 0.346 e. The Morgan fingerprint density at radius 1 is 1.41 bits per heavy atom. The standard InChI is InChI=1S/C12H18N5O4P/c1-3-10-11(14(2)12(13-10)8-17(18)19)9-21-22(20,15-4-5-15)16-6-7-16/h3H,1,4-9H2,2H3. The molecule has 2 saturated heterocycles. The highest BCUT2D eigenvalue weighted by molar-refractivity contribution is 7.54. The maximum Gasteiger partial charge on any atom is 0.346 e. The van der Waals surface area contributed by atoms with Crippen molar-refractivity contribution in [3.8, 4) is 0 Å². The molecule has 3 heterocycles. The van der Waals surface area contributed by atoms with Crippen LogP contribution in [0.1, 0.15) is 17.2 Å². The third-order valence-electron chi connectivity index (χ3n) is 3.73. The number of aromatic nitrogens is 2. The second-order valence-electron chi connectivity index (χ2n) is 5.29. The van der Waals surface area contributed by atoms with Crippen molar-refractivity contribution in [2.45, 2.75) is 13.2 Å². The predicted molar refractivity (Wildman–Crippen MR) is 79.5 cm³/mol. The van der Waals surface area contributed by atoms with E-state index < -0.39 is 12.6 Å². The molecule has 0 N–H and O–H groups in total. The first-order valence-corrected chi connectivity index (χ1v) is 8.53. The Bertz CT molecular complexity index is 649. The van der Waals surface area contributed by atoms with E-state index in [-0.39, 0.29) is 13.2 Å². The van der Waals surface area contributed by atoms with Crippen molar-refractivity contribution in [2.24, 2.45) is 7.05 Å². The average molecular weight is 327 g/mol. The summed E-state index contributed by atoms with van der Waals surface area (Å²) < 4.78 is 23.9. The van der Waals surface area contributed by atoms with Crippen LogP contribution in [0.25, 0.3) is 6.08 Å².